The number of halogens is 2. The summed E-state index contributed by atoms with van der Waals surface area (Å²) in [5.41, 5.74) is 1.83. The Morgan fingerprint density at radius 1 is 0.969 bits per heavy atom. The minimum absolute atomic E-state index is 0.257. The second kappa shape index (κ2) is 8.57. The van der Waals surface area contributed by atoms with Crippen molar-refractivity contribution in [3.63, 3.8) is 0 Å². The number of carbonyl (C=O) groups excluding carboxylic acids is 1. The first kappa shape index (κ1) is 20.4. The molecular formula is C23H23F2N5O2. The zero-order valence-corrected chi connectivity index (χ0v) is 17.5. The summed E-state index contributed by atoms with van der Waals surface area (Å²) in [6.07, 6.45) is 5.18. The van der Waals surface area contributed by atoms with E-state index in [-0.39, 0.29) is 12.4 Å². The normalized spacial score (nSPS) is 17.5. The lowest BCUT2D eigenvalue weighted by Gasteiger charge is -2.29. The van der Waals surface area contributed by atoms with E-state index < -0.39 is 18.1 Å². The monoisotopic (exact) mass is 439 g/mol. The van der Waals surface area contributed by atoms with Gasteiger partial charge in [0.2, 0.25) is 0 Å². The van der Waals surface area contributed by atoms with Gasteiger partial charge in [0, 0.05) is 24.8 Å². The van der Waals surface area contributed by atoms with Crippen LogP contribution in [0.15, 0.2) is 48.8 Å². The molecule has 7 nitrogen and oxygen atoms in total. The van der Waals surface area contributed by atoms with E-state index in [0.29, 0.717) is 28.9 Å². The van der Waals surface area contributed by atoms with Crippen molar-refractivity contribution >= 4 is 11.8 Å². The van der Waals surface area contributed by atoms with Gasteiger partial charge in [-0.3, -0.25) is 4.90 Å². The highest BCUT2D eigenvalue weighted by atomic mass is 19.1. The highest BCUT2D eigenvalue weighted by Crippen LogP contribution is 2.32. The minimum atomic E-state index is -0.686. The summed E-state index contributed by atoms with van der Waals surface area (Å²) in [5, 5.41) is 7.79. The molecule has 0 unspecified atom stereocenters. The lowest BCUT2D eigenvalue weighted by atomic mass is 10.0. The molecule has 166 valence electrons. The molecule has 2 aromatic carbocycles. The molecule has 1 aromatic heterocycles. The van der Waals surface area contributed by atoms with Gasteiger partial charge >= 0.3 is 6.09 Å². The van der Waals surface area contributed by atoms with Crippen molar-refractivity contribution < 1.29 is 18.3 Å². The fourth-order valence-corrected chi connectivity index (χ4v) is 4.44. The van der Waals surface area contributed by atoms with Crippen molar-refractivity contribution in [3.8, 4) is 11.1 Å². The first-order valence-electron chi connectivity index (χ1n) is 10.8. The largest absolute Gasteiger partial charge is 0.447 e. The van der Waals surface area contributed by atoms with E-state index in [2.05, 4.69) is 10.3 Å². The maximum Gasteiger partial charge on any atom is 0.411 e. The van der Waals surface area contributed by atoms with Gasteiger partial charge in [0.15, 0.2) is 6.17 Å². The van der Waals surface area contributed by atoms with E-state index in [0.717, 1.165) is 25.9 Å². The third kappa shape index (κ3) is 3.79. The number of rotatable bonds is 5. The molecule has 1 atom stereocenters. The number of ether oxygens (including phenoxy) is 1. The molecule has 0 aliphatic carbocycles. The van der Waals surface area contributed by atoms with Crippen LogP contribution in [-0.4, -0.2) is 52.2 Å². The number of carbonyl (C=O) groups is 1. The Labute approximate surface area is 184 Å². The maximum absolute atomic E-state index is 15.2. The average molecular weight is 439 g/mol. The fraction of sp³-hybridized carbons (Fsp3) is 0.348. The van der Waals surface area contributed by atoms with E-state index in [4.69, 9.17) is 4.74 Å². The molecule has 3 aromatic rings. The molecular weight excluding hydrogens is 416 g/mol. The van der Waals surface area contributed by atoms with Crippen molar-refractivity contribution in [1.29, 1.82) is 0 Å². The third-order valence-corrected chi connectivity index (χ3v) is 6.03. The highest BCUT2D eigenvalue weighted by molar-refractivity contribution is 5.71. The van der Waals surface area contributed by atoms with Crippen LogP contribution in [0.4, 0.5) is 19.3 Å². The second-order valence-electron chi connectivity index (χ2n) is 8.02. The Morgan fingerprint density at radius 3 is 2.47 bits per heavy atom. The molecule has 0 bridgehead atoms. The summed E-state index contributed by atoms with van der Waals surface area (Å²) in [7, 11) is 0. The number of cyclic esters (lactones) is 1. The maximum atomic E-state index is 15.2. The molecule has 2 aliphatic heterocycles. The molecule has 0 N–H and O–H groups in total. The number of piperidine rings is 1. The molecule has 2 aliphatic rings. The number of anilines is 1. The zero-order chi connectivity index (χ0) is 22.1. The predicted molar refractivity (Wildman–Crippen MR) is 114 cm³/mol. The molecule has 0 spiro atoms. The fourth-order valence-electron chi connectivity index (χ4n) is 4.44. The Bertz CT molecular complexity index is 1120. The van der Waals surface area contributed by atoms with Crippen molar-refractivity contribution in [2.24, 2.45) is 0 Å². The van der Waals surface area contributed by atoms with Gasteiger partial charge in [-0.25, -0.2) is 18.3 Å². The summed E-state index contributed by atoms with van der Waals surface area (Å²) >= 11 is 0. The van der Waals surface area contributed by atoms with Gasteiger partial charge in [0.25, 0.3) is 0 Å². The van der Waals surface area contributed by atoms with Gasteiger partial charge in [-0.2, -0.15) is 0 Å². The molecule has 1 amide bonds. The van der Waals surface area contributed by atoms with Crippen LogP contribution in [0.1, 0.15) is 31.0 Å². The van der Waals surface area contributed by atoms with E-state index in [1.54, 1.807) is 30.5 Å². The van der Waals surface area contributed by atoms with Crippen molar-refractivity contribution in [2.45, 2.75) is 25.4 Å². The van der Waals surface area contributed by atoms with Crippen LogP contribution in [0, 0.1) is 11.6 Å². The number of nitrogens with zero attached hydrogens (tertiary/aromatic N) is 5. The number of hydrogen-bond donors (Lipinski definition) is 0. The molecule has 32 heavy (non-hydrogen) atoms. The summed E-state index contributed by atoms with van der Waals surface area (Å²) in [6, 6.07) is 9.52. The van der Waals surface area contributed by atoms with Gasteiger partial charge in [-0.1, -0.05) is 23.4 Å². The third-order valence-electron chi connectivity index (χ3n) is 6.03. The summed E-state index contributed by atoms with van der Waals surface area (Å²) in [6.45, 7) is 2.28. The van der Waals surface area contributed by atoms with E-state index in [1.165, 1.54) is 34.3 Å². The van der Waals surface area contributed by atoms with Crippen molar-refractivity contribution in [3.05, 3.63) is 66.0 Å². The Hall–Kier alpha value is -3.49. The second-order valence-corrected chi connectivity index (χ2v) is 8.02. The van der Waals surface area contributed by atoms with E-state index in [1.807, 2.05) is 4.90 Å². The molecule has 9 heteroatoms. The number of benzene rings is 2. The van der Waals surface area contributed by atoms with Crippen LogP contribution in [0.2, 0.25) is 0 Å². The predicted octanol–water partition coefficient (Wildman–Crippen LogP) is 4.21. The SMILES string of the molecule is O=C1OCCN1[C@@H](c1ccc(-c2ccc(N3CCCCC3)c(F)c2)c(F)c1)n1ccnn1. The van der Waals surface area contributed by atoms with Gasteiger partial charge in [-0.15, -0.1) is 5.10 Å². The lowest BCUT2D eigenvalue weighted by molar-refractivity contribution is 0.139. The van der Waals surface area contributed by atoms with Gasteiger partial charge in [0.05, 0.1) is 18.4 Å². The molecule has 2 saturated heterocycles. The van der Waals surface area contributed by atoms with Crippen LogP contribution < -0.4 is 4.90 Å². The quantitative estimate of drug-likeness (QED) is 0.596. The number of amides is 1. The molecule has 2 fully saturated rings. The van der Waals surface area contributed by atoms with E-state index >= 15 is 4.39 Å². The summed E-state index contributed by atoms with van der Waals surface area (Å²) < 4.78 is 36.6. The average Bonchev–Trinajstić information content (AvgIpc) is 3.48. The van der Waals surface area contributed by atoms with Gasteiger partial charge in [-0.05, 0) is 48.6 Å². The number of aromatic nitrogens is 3. The van der Waals surface area contributed by atoms with Gasteiger partial charge in [0.1, 0.15) is 18.2 Å². The summed E-state index contributed by atoms with van der Waals surface area (Å²) in [4.78, 5) is 15.7. The van der Waals surface area contributed by atoms with Crippen molar-refractivity contribution in [2.75, 3.05) is 31.1 Å². The smallest absolute Gasteiger partial charge is 0.411 e. The van der Waals surface area contributed by atoms with Crippen LogP contribution >= 0.6 is 0 Å². The number of hydrogen-bond acceptors (Lipinski definition) is 5. The first-order chi connectivity index (χ1) is 15.6. The molecule has 0 radical (unpaired) electrons. The minimum Gasteiger partial charge on any atom is -0.447 e. The van der Waals surface area contributed by atoms with Crippen LogP contribution in [0.3, 0.4) is 0 Å². The lowest BCUT2D eigenvalue weighted by Crippen LogP contribution is -2.34. The van der Waals surface area contributed by atoms with Crippen molar-refractivity contribution in [1.82, 2.24) is 19.9 Å². The van der Waals surface area contributed by atoms with Crippen LogP contribution in [0.5, 0.6) is 0 Å². The molecule has 0 saturated carbocycles. The van der Waals surface area contributed by atoms with Crippen LogP contribution in [0.25, 0.3) is 11.1 Å². The topological polar surface area (TPSA) is 63.5 Å². The first-order valence-corrected chi connectivity index (χ1v) is 10.8. The molecule has 5 rings (SSSR count). The standard InChI is InChI=1S/C23H23F2N5O2/c24-19-15-17(22(30-11-8-26-27-30)29-12-13-32-23(29)31)4-6-18(19)16-5-7-21(20(25)14-16)28-9-2-1-3-10-28/h4-8,11,14-15,22H,1-3,9-10,12-13H2/t22-/m1/s1. The summed E-state index contributed by atoms with van der Waals surface area (Å²) in [5.74, 6) is -0.863. The van der Waals surface area contributed by atoms with E-state index in [9.17, 15) is 9.18 Å². The Morgan fingerprint density at radius 2 is 1.81 bits per heavy atom. The Kier molecular flexibility index (Phi) is 5.46. The Balaban J connectivity index is 1.46. The van der Waals surface area contributed by atoms with Crippen LogP contribution in [-0.2, 0) is 4.74 Å². The highest BCUT2D eigenvalue weighted by Gasteiger charge is 2.33. The van der Waals surface area contributed by atoms with Gasteiger partial charge < -0.3 is 9.64 Å². The molecule has 3 heterocycles. The zero-order valence-electron chi connectivity index (χ0n) is 17.5.